The predicted octanol–water partition coefficient (Wildman–Crippen LogP) is -6.57. The van der Waals surface area contributed by atoms with Crippen molar-refractivity contribution >= 4 is 29.8 Å². The quantitative estimate of drug-likeness (QED) is 0.272. The second kappa shape index (κ2) is 56.5. The van der Waals surface area contributed by atoms with Crippen molar-refractivity contribution < 1.29 is 66.6 Å². The van der Waals surface area contributed by atoms with Gasteiger partial charge in [0.2, 0.25) is 0 Å². The number of quaternary nitrogens is 2. The van der Waals surface area contributed by atoms with Gasteiger partial charge in [0, 0.05) is 42.9 Å². The molecular formula is C12H31FeN4O10. The van der Waals surface area contributed by atoms with Crippen LogP contribution >= 0.6 is 0 Å². The summed E-state index contributed by atoms with van der Waals surface area (Å²) in [7, 11) is 0. The van der Waals surface area contributed by atoms with Crippen molar-refractivity contribution in [2.45, 2.75) is 34.6 Å². The van der Waals surface area contributed by atoms with Gasteiger partial charge in [0.25, 0.3) is 0 Å². The summed E-state index contributed by atoms with van der Waals surface area (Å²) in [6.45, 7) is 6.06. The minimum absolute atomic E-state index is 0. The fourth-order valence-electron chi connectivity index (χ4n) is 0. The Balaban J connectivity index is -0.0000000201. The SMILES string of the molecule is CC(=O)[O-].CC(=O)[O-].CC(=O)[O-].CC(=O)[O-].CC(=O)[O-].NCCN.[Fe+3].[NH4+].[NH4+]. The van der Waals surface area contributed by atoms with Crippen LogP contribution < -0.4 is 49.3 Å². The Kier molecular flexibility index (Phi) is 118. The first-order chi connectivity index (χ1) is 10.6. The molecule has 0 heterocycles. The molecule has 0 saturated heterocycles. The zero-order valence-corrected chi connectivity index (χ0v) is 17.6. The number of nitrogens with two attached hydrogens (primary N) is 2. The van der Waals surface area contributed by atoms with E-state index in [1.54, 1.807) is 0 Å². The van der Waals surface area contributed by atoms with Crippen molar-refractivity contribution in [1.29, 1.82) is 0 Å². The molecule has 0 aliphatic carbocycles. The fourth-order valence-corrected chi connectivity index (χ4v) is 0. The van der Waals surface area contributed by atoms with Crippen LogP contribution in [0.15, 0.2) is 0 Å². The Labute approximate surface area is 168 Å². The summed E-state index contributed by atoms with van der Waals surface area (Å²) in [6, 6.07) is 0. The summed E-state index contributed by atoms with van der Waals surface area (Å²) in [5.74, 6) is -5.42. The van der Waals surface area contributed by atoms with Gasteiger partial charge >= 0.3 is 17.1 Å². The van der Waals surface area contributed by atoms with E-state index < -0.39 is 29.8 Å². The van der Waals surface area contributed by atoms with Gasteiger partial charge < -0.3 is 73.3 Å². The summed E-state index contributed by atoms with van der Waals surface area (Å²) >= 11 is 0. The maximum absolute atomic E-state index is 8.89. The molecule has 1 radical (unpaired) electrons. The maximum atomic E-state index is 8.89. The molecule has 27 heavy (non-hydrogen) atoms. The van der Waals surface area contributed by atoms with Gasteiger partial charge in [0.05, 0.1) is 0 Å². The second-order valence-corrected chi connectivity index (χ2v) is 3.04. The van der Waals surface area contributed by atoms with Crippen molar-refractivity contribution in [3.63, 3.8) is 0 Å². The number of aliphatic carboxylic acids is 5. The molecule has 0 aromatic carbocycles. The van der Waals surface area contributed by atoms with Gasteiger partial charge in [-0.3, -0.25) is 0 Å². The largest absolute Gasteiger partial charge is 3.00 e. The summed E-state index contributed by atoms with van der Waals surface area (Å²) < 4.78 is 0. The second-order valence-electron chi connectivity index (χ2n) is 3.04. The van der Waals surface area contributed by atoms with Gasteiger partial charge in [-0.25, -0.2) is 0 Å². The molecule has 12 N–H and O–H groups in total. The molecule has 0 bridgehead atoms. The van der Waals surface area contributed by atoms with Crippen molar-refractivity contribution in [3.8, 4) is 0 Å². The van der Waals surface area contributed by atoms with Gasteiger partial charge in [-0.15, -0.1) is 0 Å². The number of hydrogen-bond acceptors (Lipinski definition) is 12. The van der Waals surface area contributed by atoms with Gasteiger partial charge in [0.1, 0.15) is 0 Å². The average molecular weight is 447 g/mol. The molecule has 0 aromatic rings. The van der Waals surface area contributed by atoms with Crippen LogP contribution in [0.4, 0.5) is 0 Å². The van der Waals surface area contributed by atoms with Gasteiger partial charge in [-0.05, 0) is 34.6 Å². The molecule has 0 aliphatic heterocycles. The summed E-state index contributed by atoms with van der Waals surface area (Å²) in [4.78, 5) is 44.4. The van der Waals surface area contributed by atoms with Crippen LogP contribution in [-0.4, -0.2) is 42.9 Å². The maximum Gasteiger partial charge on any atom is 3.00 e. The minimum Gasteiger partial charge on any atom is -0.550 e. The van der Waals surface area contributed by atoms with Crippen LogP contribution in [-0.2, 0) is 41.0 Å². The van der Waals surface area contributed by atoms with E-state index in [1.165, 1.54) is 0 Å². The first-order valence-electron chi connectivity index (χ1n) is 5.86. The zero-order chi connectivity index (χ0) is 21.3. The van der Waals surface area contributed by atoms with Crippen molar-refractivity contribution in [2.24, 2.45) is 11.5 Å². The molecule has 0 amide bonds. The van der Waals surface area contributed by atoms with Crippen LogP contribution in [0, 0.1) is 0 Å². The molecule has 0 aliphatic rings. The van der Waals surface area contributed by atoms with Crippen LogP contribution in [0.2, 0.25) is 0 Å². The molecule has 0 spiro atoms. The zero-order valence-electron chi connectivity index (χ0n) is 16.5. The van der Waals surface area contributed by atoms with Crippen LogP contribution in [0.1, 0.15) is 34.6 Å². The monoisotopic (exact) mass is 447 g/mol. The van der Waals surface area contributed by atoms with E-state index >= 15 is 0 Å². The summed E-state index contributed by atoms with van der Waals surface area (Å²) in [5, 5.41) is 44.4. The molecule has 15 heteroatoms. The Morgan fingerprint density at radius 1 is 0.519 bits per heavy atom. The molecule has 0 atom stereocenters. The van der Waals surface area contributed by atoms with Gasteiger partial charge in [-0.2, -0.15) is 0 Å². The third-order valence-corrected chi connectivity index (χ3v) is 0.167. The van der Waals surface area contributed by atoms with Crippen LogP contribution in [0.3, 0.4) is 0 Å². The Morgan fingerprint density at radius 3 is 0.556 bits per heavy atom. The van der Waals surface area contributed by atoms with E-state index in [2.05, 4.69) is 0 Å². The van der Waals surface area contributed by atoms with E-state index in [0.29, 0.717) is 13.1 Å². The number of carboxylic acid groups (broad SMARTS) is 5. The summed E-state index contributed by atoms with van der Waals surface area (Å²) in [6.07, 6.45) is 0. The van der Waals surface area contributed by atoms with E-state index in [4.69, 9.17) is 61.0 Å². The van der Waals surface area contributed by atoms with Crippen LogP contribution in [0.25, 0.3) is 0 Å². The first-order valence-corrected chi connectivity index (χ1v) is 5.86. The minimum atomic E-state index is -1.08. The third-order valence-electron chi connectivity index (χ3n) is 0.167. The third kappa shape index (κ3) is 6710. The van der Waals surface area contributed by atoms with Gasteiger partial charge in [0.15, 0.2) is 0 Å². The smallest absolute Gasteiger partial charge is 0.550 e. The topological polar surface area (TPSA) is 326 Å². The van der Waals surface area contributed by atoms with E-state index in [-0.39, 0.29) is 29.4 Å². The van der Waals surface area contributed by atoms with Gasteiger partial charge in [-0.1, -0.05) is 0 Å². The van der Waals surface area contributed by atoms with Crippen molar-refractivity contribution in [2.75, 3.05) is 13.1 Å². The van der Waals surface area contributed by atoms with E-state index in [9.17, 15) is 0 Å². The number of carboxylic acids is 5. The van der Waals surface area contributed by atoms with E-state index in [0.717, 1.165) is 34.6 Å². The first kappa shape index (κ1) is 56.3. The number of rotatable bonds is 1. The standard InChI is InChI=1S/C2H8N2.5C2H4O2.Fe.2H3N/c3-1-2-4;5*1-2(3)4;;;/h1-4H2;5*1H3,(H,3,4);;2*1H3/q;;;;;;+3;;/p-3. The number of carbonyl (C=O) groups is 5. The molecule has 14 nitrogen and oxygen atoms in total. The Bertz CT molecular complexity index is 252. The van der Waals surface area contributed by atoms with Crippen molar-refractivity contribution in [3.05, 3.63) is 0 Å². The number of carbonyl (C=O) groups excluding carboxylic acids is 5. The predicted molar refractivity (Wildman–Crippen MR) is 83.5 cm³/mol. The summed E-state index contributed by atoms with van der Waals surface area (Å²) in [5.41, 5.74) is 9.81. The van der Waals surface area contributed by atoms with Crippen LogP contribution in [0.5, 0.6) is 0 Å². The fraction of sp³-hybridized carbons (Fsp3) is 0.583. The Hall–Kier alpha value is -2.29. The molecule has 0 unspecified atom stereocenters. The Morgan fingerprint density at radius 2 is 0.556 bits per heavy atom. The molecule has 0 aromatic heterocycles. The van der Waals surface area contributed by atoms with E-state index in [1.807, 2.05) is 0 Å². The molecule has 0 saturated carbocycles. The molecule has 167 valence electrons. The van der Waals surface area contributed by atoms with Crippen molar-refractivity contribution in [1.82, 2.24) is 12.3 Å². The molecule has 0 rings (SSSR count). The normalized spacial score (nSPS) is 5.74. The molecular weight excluding hydrogens is 416 g/mol. The number of hydrogen-bond donors (Lipinski definition) is 4. The average Bonchev–Trinajstić information content (AvgIpc) is 2.24. The molecule has 0 fully saturated rings.